The molecule has 25 heavy (non-hydrogen) atoms. The van der Waals surface area contributed by atoms with Crippen molar-refractivity contribution in [1.82, 2.24) is 19.7 Å². The van der Waals surface area contributed by atoms with Crippen molar-refractivity contribution in [1.29, 1.82) is 0 Å². The summed E-state index contributed by atoms with van der Waals surface area (Å²) in [6.07, 6.45) is 3.80. The Bertz CT molecular complexity index is 796. The van der Waals surface area contributed by atoms with Crippen LogP contribution in [0, 0.1) is 6.92 Å². The van der Waals surface area contributed by atoms with E-state index in [1.54, 1.807) is 7.11 Å². The van der Waals surface area contributed by atoms with Crippen molar-refractivity contribution >= 4 is 0 Å². The van der Waals surface area contributed by atoms with E-state index in [1.807, 2.05) is 48.4 Å². The monoisotopic (exact) mass is 336 g/mol. The third-order valence-electron chi connectivity index (χ3n) is 4.41. The smallest absolute Gasteiger partial charge is 0.118 e. The van der Waals surface area contributed by atoms with Gasteiger partial charge in [0, 0.05) is 44.1 Å². The predicted octanol–water partition coefficient (Wildman–Crippen LogP) is 3.33. The van der Waals surface area contributed by atoms with E-state index in [-0.39, 0.29) is 0 Å². The first kappa shape index (κ1) is 17.2. The van der Waals surface area contributed by atoms with Crippen LogP contribution in [-0.4, -0.2) is 26.8 Å². The van der Waals surface area contributed by atoms with Crippen LogP contribution in [-0.2, 0) is 26.7 Å². The van der Waals surface area contributed by atoms with Crippen LogP contribution in [0.15, 0.2) is 54.9 Å². The van der Waals surface area contributed by atoms with Gasteiger partial charge in [0.25, 0.3) is 0 Å². The fourth-order valence-electron chi connectivity index (χ4n) is 2.82. The van der Waals surface area contributed by atoms with E-state index in [4.69, 9.17) is 4.74 Å². The largest absolute Gasteiger partial charge is 0.497 e. The van der Waals surface area contributed by atoms with Gasteiger partial charge in [0.05, 0.1) is 19.0 Å². The minimum absolute atomic E-state index is 0.793. The fraction of sp³-hybridized carbons (Fsp3) is 0.300. The zero-order chi connectivity index (χ0) is 17.6. The van der Waals surface area contributed by atoms with Crippen molar-refractivity contribution in [3.05, 3.63) is 77.4 Å². The van der Waals surface area contributed by atoms with E-state index >= 15 is 0 Å². The number of ether oxygens (including phenoxy) is 1. The molecule has 0 radical (unpaired) electrons. The molecule has 0 N–H and O–H groups in total. The van der Waals surface area contributed by atoms with Gasteiger partial charge in [-0.05, 0) is 36.8 Å². The highest BCUT2D eigenvalue weighted by Gasteiger charge is 2.12. The zero-order valence-electron chi connectivity index (χ0n) is 15.0. The van der Waals surface area contributed by atoms with Gasteiger partial charge in [-0.25, -0.2) is 0 Å². The minimum atomic E-state index is 0.793. The number of pyridine rings is 1. The molecular formula is C20H24N4O. The number of rotatable bonds is 7. The normalized spacial score (nSPS) is 11.0. The highest BCUT2D eigenvalue weighted by atomic mass is 16.5. The lowest BCUT2D eigenvalue weighted by molar-refractivity contribution is 0.244. The third kappa shape index (κ3) is 4.45. The molecule has 0 amide bonds. The van der Waals surface area contributed by atoms with Gasteiger partial charge in [0.1, 0.15) is 5.75 Å². The summed E-state index contributed by atoms with van der Waals surface area (Å²) in [5.41, 5.74) is 4.75. The van der Waals surface area contributed by atoms with Crippen LogP contribution in [0.1, 0.15) is 22.5 Å². The number of aromatic nitrogens is 3. The molecule has 0 aliphatic heterocycles. The predicted molar refractivity (Wildman–Crippen MR) is 98.1 cm³/mol. The number of aryl methyl sites for hydroxylation is 1. The molecule has 0 aliphatic rings. The van der Waals surface area contributed by atoms with Gasteiger partial charge < -0.3 is 4.74 Å². The van der Waals surface area contributed by atoms with E-state index in [1.165, 1.54) is 16.8 Å². The molecule has 3 rings (SSSR count). The molecule has 0 bridgehead atoms. The molecule has 0 atom stereocenters. The molecule has 0 saturated heterocycles. The van der Waals surface area contributed by atoms with Crippen LogP contribution < -0.4 is 4.74 Å². The summed E-state index contributed by atoms with van der Waals surface area (Å²) in [6.45, 7) is 4.58. The molecule has 2 aromatic heterocycles. The summed E-state index contributed by atoms with van der Waals surface area (Å²) in [7, 11) is 3.67. The van der Waals surface area contributed by atoms with Gasteiger partial charge in [-0.3, -0.25) is 14.6 Å². The maximum atomic E-state index is 5.25. The Morgan fingerprint density at radius 1 is 1.04 bits per heavy atom. The van der Waals surface area contributed by atoms with Crippen molar-refractivity contribution in [2.75, 3.05) is 7.11 Å². The van der Waals surface area contributed by atoms with Gasteiger partial charge in [0.15, 0.2) is 0 Å². The van der Waals surface area contributed by atoms with E-state index in [0.29, 0.717) is 0 Å². The summed E-state index contributed by atoms with van der Waals surface area (Å²) < 4.78 is 7.17. The minimum Gasteiger partial charge on any atom is -0.497 e. The second-order valence-corrected chi connectivity index (χ2v) is 6.19. The van der Waals surface area contributed by atoms with Crippen LogP contribution in [0.2, 0.25) is 0 Å². The Morgan fingerprint density at radius 2 is 1.84 bits per heavy atom. The Hall–Kier alpha value is -2.66. The molecule has 0 aliphatic carbocycles. The van der Waals surface area contributed by atoms with Crippen LogP contribution >= 0.6 is 0 Å². The van der Waals surface area contributed by atoms with Gasteiger partial charge in [-0.1, -0.05) is 18.2 Å². The maximum Gasteiger partial charge on any atom is 0.118 e. The molecule has 5 nitrogen and oxygen atoms in total. The lowest BCUT2D eigenvalue weighted by Crippen LogP contribution is -2.23. The Labute approximate surface area is 148 Å². The Kier molecular flexibility index (Phi) is 5.46. The van der Waals surface area contributed by atoms with Crippen LogP contribution in [0.3, 0.4) is 0 Å². The van der Waals surface area contributed by atoms with Gasteiger partial charge >= 0.3 is 0 Å². The fourth-order valence-corrected chi connectivity index (χ4v) is 2.82. The van der Waals surface area contributed by atoms with Crippen molar-refractivity contribution in [3.63, 3.8) is 0 Å². The molecular weight excluding hydrogens is 312 g/mol. The number of nitrogens with zero attached hydrogens (tertiary/aromatic N) is 4. The highest BCUT2D eigenvalue weighted by molar-refractivity contribution is 5.27. The average molecular weight is 336 g/mol. The van der Waals surface area contributed by atoms with Crippen molar-refractivity contribution < 1.29 is 4.74 Å². The summed E-state index contributed by atoms with van der Waals surface area (Å²) in [5.74, 6) is 0.878. The van der Waals surface area contributed by atoms with Gasteiger partial charge in [-0.15, -0.1) is 0 Å². The molecule has 1 aromatic carbocycles. The third-order valence-corrected chi connectivity index (χ3v) is 4.41. The molecule has 2 heterocycles. The van der Waals surface area contributed by atoms with Gasteiger partial charge in [-0.2, -0.15) is 5.10 Å². The maximum absolute atomic E-state index is 5.25. The first-order valence-electron chi connectivity index (χ1n) is 8.38. The molecule has 0 spiro atoms. The first-order valence-corrected chi connectivity index (χ1v) is 8.38. The lowest BCUT2D eigenvalue weighted by Gasteiger charge is -2.22. The van der Waals surface area contributed by atoms with Crippen molar-refractivity contribution in [3.8, 4) is 5.75 Å². The topological polar surface area (TPSA) is 43.2 Å². The lowest BCUT2D eigenvalue weighted by atomic mass is 10.1. The summed E-state index contributed by atoms with van der Waals surface area (Å²) in [5, 5.41) is 4.36. The summed E-state index contributed by atoms with van der Waals surface area (Å²) >= 11 is 0. The number of hydrogen-bond acceptors (Lipinski definition) is 4. The standard InChI is InChI=1S/C20H24N4O/c1-16-18(12-22-23(16)2)14-24(15-19-6-4-5-11-21-19)13-17-7-9-20(25-3)10-8-17/h4-12H,13-15H2,1-3H3. The number of hydrogen-bond donors (Lipinski definition) is 0. The summed E-state index contributed by atoms with van der Waals surface area (Å²) in [6, 6.07) is 14.3. The molecule has 130 valence electrons. The van der Waals surface area contributed by atoms with Crippen molar-refractivity contribution in [2.24, 2.45) is 7.05 Å². The SMILES string of the molecule is COc1ccc(CN(Cc2ccccn2)Cc2cnn(C)c2C)cc1. The molecule has 0 fully saturated rings. The molecule has 3 aromatic rings. The van der Waals surface area contributed by atoms with Crippen LogP contribution in [0.4, 0.5) is 0 Å². The molecule has 0 saturated carbocycles. The van der Waals surface area contributed by atoms with E-state index < -0.39 is 0 Å². The van der Waals surface area contributed by atoms with E-state index in [9.17, 15) is 0 Å². The Balaban J connectivity index is 1.78. The van der Waals surface area contributed by atoms with Gasteiger partial charge in [0.2, 0.25) is 0 Å². The van der Waals surface area contributed by atoms with Crippen molar-refractivity contribution in [2.45, 2.75) is 26.6 Å². The number of methoxy groups -OCH3 is 1. The second-order valence-electron chi connectivity index (χ2n) is 6.19. The first-order chi connectivity index (χ1) is 12.2. The quantitative estimate of drug-likeness (QED) is 0.664. The Morgan fingerprint density at radius 3 is 2.44 bits per heavy atom. The molecule has 5 heteroatoms. The number of benzene rings is 1. The van der Waals surface area contributed by atoms with Crippen LogP contribution in [0.5, 0.6) is 5.75 Å². The second kappa shape index (κ2) is 7.94. The van der Waals surface area contributed by atoms with E-state index in [0.717, 1.165) is 31.1 Å². The average Bonchev–Trinajstić information content (AvgIpc) is 2.95. The zero-order valence-corrected chi connectivity index (χ0v) is 15.0. The molecule has 0 unspecified atom stereocenters. The highest BCUT2D eigenvalue weighted by Crippen LogP contribution is 2.17. The summed E-state index contributed by atoms with van der Waals surface area (Å²) in [4.78, 5) is 6.86. The van der Waals surface area contributed by atoms with E-state index in [2.05, 4.69) is 40.1 Å². The van der Waals surface area contributed by atoms with Crippen LogP contribution in [0.25, 0.3) is 0 Å².